The number of H-pyrrole nitrogens is 1. The van der Waals surface area contributed by atoms with E-state index in [1.54, 1.807) is 6.07 Å². The molecule has 0 unspecified atom stereocenters. The van der Waals surface area contributed by atoms with E-state index >= 15 is 0 Å². The van der Waals surface area contributed by atoms with Crippen molar-refractivity contribution in [2.45, 2.75) is 38.8 Å². The molecule has 7 heteroatoms. The maximum Gasteiger partial charge on any atom is 0.251 e. The first-order valence-electron chi connectivity index (χ1n) is 9.42. The van der Waals surface area contributed by atoms with E-state index in [4.69, 9.17) is 0 Å². The molecule has 2 aromatic heterocycles. The maximum atomic E-state index is 11.8. The SMILES string of the molecule is CCc1cc(=O)[nH]c(CN(C)C[C@@H]2CCCN(C)[C@H]2c2cnn(C)c2)n1. The second-order valence-electron chi connectivity index (χ2n) is 7.51. The molecule has 26 heavy (non-hydrogen) atoms. The highest BCUT2D eigenvalue weighted by Gasteiger charge is 2.32. The zero-order valence-corrected chi connectivity index (χ0v) is 16.3. The van der Waals surface area contributed by atoms with Gasteiger partial charge in [-0.25, -0.2) is 4.98 Å². The molecule has 1 N–H and O–H groups in total. The lowest BCUT2D eigenvalue weighted by atomic mass is 9.86. The Balaban J connectivity index is 1.71. The van der Waals surface area contributed by atoms with Crippen LogP contribution in [0, 0.1) is 5.92 Å². The molecule has 1 aliphatic rings. The average Bonchev–Trinajstić information content (AvgIpc) is 3.00. The van der Waals surface area contributed by atoms with Crippen LogP contribution in [0.5, 0.6) is 0 Å². The third-order valence-electron chi connectivity index (χ3n) is 5.25. The van der Waals surface area contributed by atoms with Crippen LogP contribution in [0.2, 0.25) is 0 Å². The van der Waals surface area contributed by atoms with Crippen LogP contribution >= 0.6 is 0 Å². The summed E-state index contributed by atoms with van der Waals surface area (Å²) in [6.07, 6.45) is 7.31. The van der Waals surface area contributed by atoms with E-state index in [0.717, 1.165) is 31.0 Å². The summed E-state index contributed by atoms with van der Waals surface area (Å²) in [5, 5.41) is 4.36. The van der Waals surface area contributed by atoms with Crippen molar-refractivity contribution in [2.24, 2.45) is 13.0 Å². The average molecular weight is 358 g/mol. The second-order valence-corrected chi connectivity index (χ2v) is 7.51. The molecule has 1 fully saturated rings. The van der Waals surface area contributed by atoms with Gasteiger partial charge in [-0.2, -0.15) is 5.10 Å². The Morgan fingerprint density at radius 2 is 2.19 bits per heavy atom. The van der Waals surface area contributed by atoms with Gasteiger partial charge in [-0.1, -0.05) is 6.92 Å². The first-order chi connectivity index (χ1) is 12.5. The largest absolute Gasteiger partial charge is 0.309 e. The second kappa shape index (κ2) is 8.14. The Morgan fingerprint density at radius 1 is 1.38 bits per heavy atom. The van der Waals surface area contributed by atoms with Gasteiger partial charge >= 0.3 is 0 Å². The highest BCUT2D eigenvalue weighted by Crippen LogP contribution is 2.35. The third-order valence-corrected chi connectivity index (χ3v) is 5.25. The van der Waals surface area contributed by atoms with E-state index in [1.807, 2.05) is 24.9 Å². The minimum Gasteiger partial charge on any atom is -0.309 e. The number of aromatic amines is 1. The predicted octanol–water partition coefficient (Wildman–Crippen LogP) is 1.58. The van der Waals surface area contributed by atoms with Gasteiger partial charge in [-0.05, 0) is 45.8 Å². The molecule has 3 heterocycles. The van der Waals surface area contributed by atoms with Crippen molar-refractivity contribution in [3.8, 4) is 0 Å². The number of aryl methyl sites for hydroxylation is 2. The van der Waals surface area contributed by atoms with Gasteiger partial charge in [0.05, 0.1) is 12.7 Å². The van der Waals surface area contributed by atoms with Crippen molar-refractivity contribution in [1.29, 1.82) is 0 Å². The molecular formula is C19H30N6O. The summed E-state index contributed by atoms with van der Waals surface area (Å²) >= 11 is 0. The van der Waals surface area contributed by atoms with Gasteiger partial charge in [0.2, 0.25) is 0 Å². The van der Waals surface area contributed by atoms with Crippen molar-refractivity contribution in [1.82, 2.24) is 29.5 Å². The van der Waals surface area contributed by atoms with Crippen LogP contribution in [0.3, 0.4) is 0 Å². The van der Waals surface area contributed by atoms with Crippen molar-refractivity contribution in [3.05, 3.63) is 45.9 Å². The number of aromatic nitrogens is 4. The molecule has 2 atom stereocenters. The van der Waals surface area contributed by atoms with Gasteiger partial charge in [0.15, 0.2) is 0 Å². The topological polar surface area (TPSA) is 70.1 Å². The van der Waals surface area contributed by atoms with E-state index in [1.165, 1.54) is 18.4 Å². The smallest absolute Gasteiger partial charge is 0.251 e. The summed E-state index contributed by atoms with van der Waals surface area (Å²) in [6, 6.07) is 1.96. The minimum atomic E-state index is -0.0640. The first kappa shape index (κ1) is 18.8. The standard InChI is InChI=1S/C19H30N6O/c1-5-16-9-18(26)22-17(21-16)13-23(2)11-14-7-6-8-24(3)19(14)15-10-20-25(4)12-15/h9-10,12,14,19H,5-8,11,13H2,1-4H3,(H,21,22,26)/t14-,19+/m0/s1. The molecule has 1 saturated heterocycles. The maximum absolute atomic E-state index is 11.8. The molecule has 0 aromatic carbocycles. The van der Waals surface area contributed by atoms with E-state index in [9.17, 15) is 4.79 Å². The number of rotatable bonds is 6. The monoisotopic (exact) mass is 358 g/mol. The summed E-state index contributed by atoms with van der Waals surface area (Å²) in [4.78, 5) is 23.9. The molecule has 7 nitrogen and oxygen atoms in total. The fourth-order valence-corrected chi connectivity index (χ4v) is 4.11. The van der Waals surface area contributed by atoms with Gasteiger partial charge in [0.25, 0.3) is 5.56 Å². The molecule has 3 rings (SSSR count). The molecule has 1 aliphatic heterocycles. The molecule has 0 spiro atoms. The van der Waals surface area contributed by atoms with E-state index in [0.29, 0.717) is 18.5 Å². The highest BCUT2D eigenvalue weighted by atomic mass is 16.1. The Bertz CT molecular complexity index is 782. The number of hydrogen-bond donors (Lipinski definition) is 1. The van der Waals surface area contributed by atoms with Gasteiger partial charge in [-0.3, -0.25) is 19.3 Å². The van der Waals surface area contributed by atoms with Crippen molar-refractivity contribution in [2.75, 3.05) is 27.2 Å². The summed E-state index contributed by atoms with van der Waals surface area (Å²) in [5.41, 5.74) is 2.07. The molecule has 0 aliphatic carbocycles. The molecular weight excluding hydrogens is 328 g/mol. The molecule has 0 radical (unpaired) electrons. The lowest BCUT2D eigenvalue weighted by Gasteiger charge is -2.40. The van der Waals surface area contributed by atoms with Crippen LogP contribution in [0.15, 0.2) is 23.3 Å². The van der Waals surface area contributed by atoms with E-state index in [-0.39, 0.29) is 5.56 Å². The predicted molar refractivity (Wildman–Crippen MR) is 102 cm³/mol. The number of nitrogens with one attached hydrogen (secondary N) is 1. The van der Waals surface area contributed by atoms with Crippen LogP contribution in [0.4, 0.5) is 0 Å². The van der Waals surface area contributed by atoms with Crippen LogP contribution in [0.1, 0.15) is 42.9 Å². The van der Waals surface area contributed by atoms with E-state index < -0.39 is 0 Å². The summed E-state index contributed by atoms with van der Waals surface area (Å²) < 4.78 is 1.88. The molecule has 2 aromatic rings. The van der Waals surface area contributed by atoms with E-state index in [2.05, 4.69) is 45.2 Å². The highest BCUT2D eigenvalue weighted by molar-refractivity contribution is 5.13. The zero-order valence-electron chi connectivity index (χ0n) is 16.3. The Kier molecular flexibility index (Phi) is 5.88. The van der Waals surface area contributed by atoms with Crippen LogP contribution < -0.4 is 5.56 Å². The number of nitrogens with zero attached hydrogens (tertiary/aromatic N) is 5. The molecule has 0 amide bonds. The molecule has 0 bridgehead atoms. The third kappa shape index (κ3) is 4.40. The normalized spacial score (nSPS) is 21.4. The summed E-state index contributed by atoms with van der Waals surface area (Å²) in [7, 11) is 6.28. The van der Waals surface area contributed by atoms with Crippen molar-refractivity contribution in [3.63, 3.8) is 0 Å². The van der Waals surface area contributed by atoms with Gasteiger partial charge < -0.3 is 4.98 Å². The number of hydrogen-bond acceptors (Lipinski definition) is 5. The van der Waals surface area contributed by atoms with Crippen molar-refractivity contribution >= 4 is 0 Å². The Morgan fingerprint density at radius 3 is 2.88 bits per heavy atom. The van der Waals surface area contributed by atoms with Gasteiger partial charge in [-0.15, -0.1) is 0 Å². The summed E-state index contributed by atoms with van der Waals surface area (Å²) in [5.74, 6) is 1.28. The fourth-order valence-electron chi connectivity index (χ4n) is 4.11. The molecule has 0 saturated carbocycles. The zero-order chi connectivity index (χ0) is 18.7. The first-order valence-corrected chi connectivity index (χ1v) is 9.42. The van der Waals surface area contributed by atoms with Crippen LogP contribution in [-0.2, 0) is 20.0 Å². The van der Waals surface area contributed by atoms with Gasteiger partial charge in [0, 0.05) is 43.2 Å². The number of likely N-dealkylation sites (tertiary alicyclic amines) is 1. The lowest BCUT2D eigenvalue weighted by molar-refractivity contribution is 0.0918. The van der Waals surface area contributed by atoms with Gasteiger partial charge in [0.1, 0.15) is 5.82 Å². The molecule has 142 valence electrons. The fraction of sp³-hybridized carbons (Fsp3) is 0.632. The van der Waals surface area contributed by atoms with Crippen LogP contribution in [0.25, 0.3) is 0 Å². The quantitative estimate of drug-likeness (QED) is 0.849. The lowest BCUT2D eigenvalue weighted by Crippen LogP contribution is -2.41. The number of piperidine rings is 1. The Hall–Kier alpha value is -1.99. The van der Waals surface area contributed by atoms with Crippen LogP contribution in [-0.4, -0.2) is 56.7 Å². The Labute approximate surface area is 155 Å². The summed E-state index contributed by atoms with van der Waals surface area (Å²) in [6.45, 7) is 4.76. The minimum absolute atomic E-state index is 0.0640. The van der Waals surface area contributed by atoms with Crippen molar-refractivity contribution < 1.29 is 0 Å².